The summed E-state index contributed by atoms with van der Waals surface area (Å²) in [7, 11) is -5.22. The summed E-state index contributed by atoms with van der Waals surface area (Å²) in [6.45, 7) is 23.9. The van der Waals surface area contributed by atoms with Crippen molar-refractivity contribution in [1.29, 1.82) is 0 Å². The predicted octanol–water partition coefficient (Wildman–Crippen LogP) is 5.50. The van der Waals surface area contributed by atoms with Gasteiger partial charge in [0.2, 0.25) is 0 Å². The fourth-order valence-corrected chi connectivity index (χ4v) is 6.37. The molecule has 2 aromatic rings. The molecule has 252 valence electrons. The fraction of sp³-hybridized carbons (Fsp3) is 0.636. The lowest BCUT2D eigenvalue weighted by atomic mass is 9.58. The zero-order chi connectivity index (χ0) is 34.7. The standard InChI is InChI=1S/C33H52O4.H4O5P2/c1-28(2,3)22-15-13-17-24(26(22)30(7,8)9)33(37,32(19-34,20-35)21-36)25-18-14-16-23(29(4,5)6)27(25)31(10,11)12;1-6(2)5-7(3)4/h13-18,34-37H,19-21H2,1-12H3;1-4H. The topological polar surface area (TPSA) is 171 Å². The van der Waals surface area contributed by atoms with Gasteiger partial charge in [-0.1, -0.05) is 119 Å². The third kappa shape index (κ3) is 9.05. The summed E-state index contributed by atoms with van der Waals surface area (Å²) in [6.07, 6.45) is 0. The van der Waals surface area contributed by atoms with Gasteiger partial charge in [-0.15, -0.1) is 0 Å². The summed E-state index contributed by atoms with van der Waals surface area (Å²) in [5.41, 5.74) is 0.606. The largest absolute Gasteiger partial charge is 0.395 e. The summed E-state index contributed by atoms with van der Waals surface area (Å²) in [5.74, 6) is 0. The first kappa shape index (κ1) is 41.0. The van der Waals surface area contributed by atoms with E-state index in [0.717, 1.165) is 22.3 Å². The van der Waals surface area contributed by atoms with Crippen LogP contribution in [0.2, 0.25) is 0 Å². The molecule has 0 saturated heterocycles. The third-order valence-corrected chi connectivity index (χ3v) is 9.01. The van der Waals surface area contributed by atoms with Gasteiger partial charge < -0.3 is 40.0 Å². The van der Waals surface area contributed by atoms with E-state index in [0.29, 0.717) is 11.1 Å². The van der Waals surface area contributed by atoms with E-state index >= 15 is 0 Å². The van der Waals surface area contributed by atoms with Crippen molar-refractivity contribution in [3.05, 3.63) is 69.8 Å². The number of hydrogen-bond acceptors (Lipinski definition) is 9. The maximum atomic E-state index is 13.3. The maximum Gasteiger partial charge on any atom is 0.334 e. The van der Waals surface area contributed by atoms with Crippen molar-refractivity contribution < 1.29 is 44.3 Å². The fourth-order valence-electron chi connectivity index (χ4n) is 5.85. The average molecular weight is 659 g/mol. The maximum absolute atomic E-state index is 13.3. The molecule has 0 bridgehead atoms. The van der Waals surface area contributed by atoms with E-state index in [2.05, 4.69) is 99.5 Å². The van der Waals surface area contributed by atoms with E-state index in [1.807, 2.05) is 24.3 Å². The normalized spacial score (nSPS) is 13.8. The molecule has 11 heteroatoms. The molecule has 2 aromatic carbocycles. The molecule has 0 aliphatic rings. The molecule has 2 rings (SSSR count). The van der Waals surface area contributed by atoms with E-state index < -0.39 is 48.0 Å². The summed E-state index contributed by atoms with van der Waals surface area (Å²) >= 11 is 0. The highest BCUT2D eigenvalue weighted by Gasteiger charge is 2.56. The number of benzene rings is 2. The van der Waals surface area contributed by atoms with Gasteiger partial charge >= 0.3 is 17.2 Å². The van der Waals surface area contributed by atoms with Crippen LogP contribution in [-0.4, -0.2) is 59.8 Å². The molecule has 0 fully saturated rings. The minimum absolute atomic E-state index is 0.222. The zero-order valence-electron chi connectivity index (χ0n) is 28.5. The smallest absolute Gasteiger partial charge is 0.334 e. The highest BCUT2D eigenvalue weighted by molar-refractivity contribution is 7.53. The third-order valence-electron chi connectivity index (χ3n) is 7.85. The van der Waals surface area contributed by atoms with Gasteiger partial charge in [0.1, 0.15) is 5.60 Å². The van der Waals surface area contributed by atoms with E-state index in [1.165, 1.54) is 0 Å². The lowest BCUT2D eigenvalue weighted by Crippen LogP contribution is -2.56. The molecule has 0 heterocycles. The van der Waals surface area contributed by atoms with Crippen molar-refractivity contribution in [2.75, 3.05) is 19.8 Å². The molecule has 0 spiro atoms. The van der Waals surface area contributed by atoms with Crippen LogP contribution in [0.25, 0.3) is 0 Å². The summed E-state index contributed by atoms with van der Waals surface area (Å²) < 4.78 is 3.60. The van der Waals surface area contributed by atoms with Gasteiger partial charge in [0.05, 0.1) is 25.2 Å². The Morgan fingerprint density at radius 1 is 0.500 bits per heavy atom. The molecule has 0 amide bonds. The second-order valence-electron chi connectivity index (χ2n) is 15.5. The van der Waals surface area contributed by atoms with E-state index in [9.17, 15) is 20.4 Å². The van der Waals surface area contributed by atoms with Crippen LogP contribution < -0.4 is 0 Å². The Morgan fingerprint density at radius 2 is 0.773 bits per heavy atom. The summed E-state index contributed by atoms with van der Waals surface area (Å²) in [5, 5.41) is 45.7. The van der Waals surface area contributed by atoms with Crippen LogP contribution in [0.3, 0.4) is 0 Å². The van der Waals surface area contributed by atoms with Gasteiger partial charge in [-0.2, -0.15) is 0 Å². The Bertz CT molecular complexity index is 1120. The SMILES string of the molecule is CC(C)(C)c1cccc(C(O)(c2cccc(C(C)(C)C)c2C(C)(C)C)C(CO)(CO)CO)c1C(C)(C)C.OP(O)OP(O)O. The summed E-state index contributed by atoms with van der Waals surface area (Å²) in [6, 6.07) is 11.9. The number of aliphatic hydroxyl groups excluding tert-OH is 3. The van der Waals surface area contributed by atoms with Crippen molar-refractivity contribution in [3.8, 4) is 0 Å². The lowest BCUT2D eigenvalue weighted by molar-refractivity contribution is -0.137. The summed E-state index contributed by atoms with van der Waals surface area (Å²) in [4.78, 5) is 31.3. The zero-order valence-corrected chi connectivity index (χ0v) is 30.3. The highest BCUT2D eigenvalue weighted by atomic mass is 31.2. The Morgan fingerprint density at radius 3 is 0.955 bits per heavy atom. The van der Waals surface area contributed by atoms with Crippen molar-refractivity contribution in [2.45, 2.75) is 110 Å². The van der Waals surface area contributed by atoms with Gasteiger partial charge in [-0.25, -0.2) is 4.31 Å². The second kappa shape index (κ2) is 14.8. The van der Waals surface area contributed by atoms with Gasteiger partial charge in [0.15, 0.2) is 0 Å². The van der Waals surface area contributed by atoms with Crippen LogP contribution >= 0.6 is 17.2 Å². The number of hydrogen-bond donors (Lipinski definition) is 8. The van der Waals surface area contributed by atoms with Crippen molar-refractivity contribution in [2.24, 2.45) is 5.41 Å². The number of rotatable bonds is 8. The molecule has 44 heavy (non-hydrogen) atoms. The molecule has 0 saturated carbocycles. The first-order chi connectivity index (χ1) is 19.8. The van der Waals surface area contributed by atoms with Crippen LogP contribution in [0, 0.1) is 5.41 Å². The quantitative estimate of drug-likeness (QED) is 0.171. The minimum atomic E-state index is -2.61. The van der Waals surface area contributed by atoms with Crippen LogP contribution in [0.5, 0.6) is 0 Å². The van der Waals surface area contributed by atoms with Crippen molar-refractivity contribution in [3.63, 3.8) is 0 Å². The molecule has 9 nitrogen and oxygen atoms in total. The number of aliphatic hydroxyl groups is 4. The van der Waals surface area contributed by atoms with Crippen molar-refractivity contribution in [1.82, 2.24) is 0 Å². The van der Waals surface area contributed by atoms with Crippen LogP contribution in [0.1, 0.15) is 116 Å². The second-order valence-corrected chi connectivity index (χ2v) is 17.2. The Hall–Kier alpha value is -1.06. The Kier molecular flexibility index (Phi) is 13.8. The molecule has 0 atom stereocenters. The molecule has 0 aliphatic carbocycles. The van der Waals surface area contributed by atoms with Gasteiger partial charge in [-0.05, 0) is 55.0 Å². The molecule has 8 N–H and O–H groups in total. The molecule has 0 unspecified atom stereocenters. The van der Waals surface area contributed by atoms with Crippen LogP contribution in [0.15, 0.2) is 36.4 Å². The highest BCUT2D eigenvalue weighted by Crippen LogP contribution is 2.53. The molecule has 0 radical (unpaired) electrons. The first-order valence-corrected chi connectivity index (χ1v) is 17.0. The van der Waals surface area contributed by atoms with Gasteiger partial charge in [0, 0.05) is 0 Å². The van der Waals surface area contributed by atoms with E-state index in [-0.39, 0.29) is 21.7 Å². The molecule has 0 aliphatic heterocycles. The van der Waals surface area contributed by atoms with Crippen LogP contribution in [-0.2, 0) is 31.6 Å². The Balaban J connectivity index is 0.00000123. The average Bonchev–Trinajstić information content (AvgIpc) is 2.86. The minimum Gasteiger partial charge on any atom is -0.395 e. The van der Waals surface area contributed by atoms with Crippen molar-refractivity contribution >= 4 is 17.2 Å². The van der Waals surface area contributed by atoms with Gasteiger partial charge in [0.25, 0.3) is 0 Å². The molecule has 0 aromatic heterocycles. The lowest BCUT2D eigenvalue weighted by Gasteiger charge is -2.50. The van der Waals surface area contributed by atoms with Gasteiger partial charge in [-0.3, -0.25) is 0 Å². The predicted molar refractivity (Wildman–Crippen MR) is 178 cm³/mol. The molecular formula is C33H56O9P2. The van der Waals surface area contributed by atoms with E-state index in [4.69, 9.17) is 19.6 Å². The monoisotopic (exact) mass is 658 g/mol. The molecular weight excluding hydrogens is 602 g/mol. The first-order valence-electron chi connectivity index (χ1n) is 14.6. The van der Waals surface area contributed by atoms with E-state index in [1.54, 1.807) is 0 Å². The van der Waals surface area contributed by atoms with Crippen LogP contribution in [0.4, 0.5) is 0 Å². The Labute approximate surface area is 266 Å².